The zero-order chi connectivity index (χ0) is 14.8. The van der Waals surface area contributed by atoms with Crippen LogP contribution in [0.5, 0.6) is 0 Å². The number of benzene rings is 1. The Morgan fingerprint density at radius 1 is 1.14 bits per heavy atom. The molecular formula is C16H13ClN4. The molecule has 0 amide bonds. The molecule has 2 aromatic heterocycles. The molecule has 0 atom stereocenters. The van der Waals surface area contributed by atoms with Gasteiger partial charge in [-0.15, -0.1) is 11.6 Å². The Labute approximate surface area is 127 Å². The molecule has 0 N–H and O–H groups in total. The number of pyridine rings is 1. The lowest BCUT2D eigenvalue weighted by atomic mass is 10.1. The second-order valence-electron chi connectivity index (χ2n) is 4.79. The predicted octanol–water partition coefficient (Wildman–Crippen LogP) is 3.53. The Balaban J connectivity index is 2.18. The summed E-state index contributed by atoms with van der Waals surface area (Å²) in [6.07, 6.45) is 0.407. The van der Waals surface area contributed by atoms with Crippen molar-refractivity contribution in [2.24, 2.45) is 0 Å². The van der Waals surface area contributed by atoms with Crippen LogP contribution in [0.25, 0.3) is 16.9 Å². The number of fused-ring (bicyclic) bond motifs is 1. The number of alkyl halides is 1. The van der Waals surface area contributed by atoms with Crippen LogP contribution in [-0.2, 0) is 12.3 Å². The van der Waals surface area contributed by atoms with E-state index < -0.39 is 0 Å². The highest BCUT2D eigenvalue weighted by molar-refractivity contribution is 6.16. The highest BCUT2D eigenvalue weighted by atomic mass is 35.5. The van der Waals surface area contributed by atoms with Crippen LogP contribution in [0.15, 0.2) is 36.4 Å². The van der Waals surface area contributed by atoms with E-state index >= 15 is 0 Å². The standard InChI is InChI=1S/C16H13ClN4/c1-11-2-7-14-16(19-11)21(15(10-17)20-14)13-5-3-12(4-6-13)8-9-18/h2-7H,8,10H2,1H3. The van der Waals surface area contributed by atoms with E-state index in [1.807, 2.05) is 47.9 Å². The van der Waals surface area contributed by atoms with Crippen molar-refractivity contribution >= 4 is 22.8 Å². The highest BCUT2D eigenvalue weighted by Gasteiger charge is 2.13. The molecule has 1 aromatic carbocycles. The number of rotatable bonds is 3. The molecule has 21 heavy (non-hydrogen) atoms. The summed E-state index contributed by atoms with van der Waals surface area (Å²) >= 11 is 6.02. The van der Waals surface area contributed by atoms with Gasteiger partial charge in [-0.25, -0.2) is 9.97 Å². The van der Waals surface area contributed by atoms with E-state index in [9.17, 15) is 0 Å². The third kappa shape index (κ3) is 2.48. The van der Waals surface area contributed by atoms with Gasteiger partial charge >= 0.3 is 0 Å². The van der Waals surface area contributed by atoms with Crippen molar-refractivity contribution in [3.8, 4) is 11.8 Å². The summed E-state index contributed by atoms with van der Waals surface area (Å²) in [5.74, 6) is 1.08. The van der Waals surface area contributed by atoms with Gasteiger partial charge in [-0.05, 0) is 36.8 Å². The molecule has 0 saturated carbocycles. The molecule has 0 saturated heterocycles. The number of nitriles is 1. The van der Waals surface area contributed by atoms with E-state index in [-0.39, 0.29) is 0 Å². The summed E-state index contributed by atoms with van der Waals surface area (Å²) in [5.41, 5.74) is 4.51. The monoisotopic (exact) mass is 296 g/mol. The summed E-state index contributed by atoms with van der Waals surface area (Å²) in [7, 11) is 0. The Kier molecular flexibility index (Phi) is 3.59. The molecule has 3 aromatic rings. The van der Waals surface area contributed by atoms with Gasteiger partial charge in [0, 0.05) is 11.4 Å². The van der Waals surface area contributed by atoms with Gasteiger partial charge in [0.2, 0.25) is 0 Å². The number of aromatic nitrogens is 3. The van der Waals surface area contributed by atoms with Crippen molar-refractivity contribution in [1.29, 1.82) is 5.26 Å². The van der Waals surface area contributed by atoms with Gasteiger partial charge < -0.3 is 0 Å². The van der Waals surface area contributed by atoms with Crippen LogP contribution < -0.4 is 0 Å². The smallest absolute Gasteiger partial charge is 0.164 e. The fraction of sp³-hybridized carbons (Fsp3) is 0.188. The van der Waals surface area contributed by atoms with Crippen LogP contribution >= 0.6 is 11.6 Å². The lowest BCUT2D eigenvalue weighted by Gasteiger charge is -2.08. The molecule has 2 heterocycles. The molecule has 0 fully saturated rings. The summed E-state index contributed by atoms with van der Waals surface area (Å²) in [6, 6.07) is 13.9. The molecule has 0 radical (unpaired) electrons. The van der Waals surface area contributed by atoms with Crippen molar-refractivity contribution in [3.63, 3.8) is 0 Å². The number of imidazole rings is 1. The molecule has 4 nitrogen and oxygen atoms in total. The van der Waals surface area contributed by atoms with Crippen molar-refractivity contribution in [2.75, 3.05) is 0 Å². The van der Waals surface area contributed by atoms with E-state index in [1.54, 1.807) is 0 Å². The topological polar surface area (TPSA) is 54.5 Å². The van der Waals surface area contributed by atoms with Crippen LogP contribution in [-0.4, -0.2) is 14.5 Å². The first-order valence-electron chi connectivity index (χ1n) is 6.60. The quantitative estimate of drug-likeness (QED) is 0.695. The van der Waals surface area contributed by atoms with Crippen molar-refractivity contribution in [1.82, 2.24) is 14.5 Å². The second kappa shape index (κ2) is 5.55. The summed E-state index contributed by atoms with van der Waals surface area (Å²) in [5, 5.41) is 8.73. The van der Waals surface area contributed by atoms with E-state index in [0.717, 1.165) is 33.9 Å². The van der Waals surface area contributed by atoms with Gasteiger partial charge in [0.15, 0.2) is 5.65 Å². The van der Waals surface area contributed by atoms with E-state index in [0.29, 0.717) is 12.3 Å². The summed E-state index contributed by atoms with van der Waals surface area (Å²) in [6.45, 7) is 1.95. The Bertz CT molecular complexity index is 828. The minimum Gasteiger partial charge on any atom is -0.280 e. The van der Waals surface area contributed by atoms with Crippen LogP contribution in [0, 0.1) is 18.3 Å². The maximum absolute atomic E-state index is 8.73. The molecule has 5 heteroatoms. The average molecular weight is 297 g/mol. The predicted molar refractivity (Wildman–Crippen MR) is 82.5 cm³/mol. The lowest BCUT2D eigenvalue weighted by molar-refractivity contribution is 0.965. The third-order valence-electron chi connectivity index (χ3n) is 3.31. The highest BCUT2D eigenvalue weighted by Crippen LogP contribution is 2.22. The van der Waals surface area contributed by atoms with Crippen molar-refractivity contribution in [3.05, 3.63) is 53.5 Å². The van der Waals surface area contributed by atoms with E-state index in [2.05, 4.69) is 16.0 Å². The van der Waals surface area contributed by atoms with Gasteiger partial charge in [0.1, 0.15) is 11.3 Å². The minimum absolute atomic E-state index is 0.315. The number of aryl methyl sites for hydroxylation is 1. The fourth-order valence-electron chi connectivity index (χ4n) is 2.31. The first kappa shape index (κ1) is 13.6. The lowest BCUT2D eigenvalue weighted by Crippen LogP contribution is -2.01. The largest absolute Gasteiger partial charge is 0.280 e. The van der Waals surface area contributed by atoms with Crippen LogP contribution in [0.1, 0.15) is 17.1 Å². The van der Waals surface area contributed by atoms with Gasteiger partial charge in [-0.1, -0.05) is 12.1 Å². The number of halogens is 1. The second-order valence-corrected chi connectivity index (χ2v) is 5.06. The van der Waals surface area contributed by atoms with Gasteiger partial charge in [0.05, 0.1) is 18.4 Å². The van der Waals surface area contributed by atoms with E-state index in [1.165, 1.54) is 0 Å². The van der Waals surface area contributed by atoms with Crippen LogP contribution in [0.3, 0.4) is 0 Å². The molecule has 0 unspecified atom stereocenters. The maximum atomic E-state index is 8.73. The zero-order valence-corrected chi connectivity index (χ0v) is 12.3. The zero-order valence-electron chi connectivity index (χ0n) is 11.5. The van der Waals surface area contributed by atoms with Gasteiger partial charge in [-0.2, -0.15) is 5.26 Å². The first-order valence-corrected chi connectivity index (χ1v) is 7.13. The molecule has 0 spiro atoms. The van der Waals surface area contributed by atoms with Gasteiger partial charge in [-0.3, -0.25) is 4.57 Å². The Morgan fingerprint density at radius 3 is 2.57 bits per heavy atom. The molecule has 0 aliphatic carbocycles. The fourth-order valence-corrected chi connectivity index (χ4v) is 2.49. The van der Waals surface area contributed by atoms with Crippen molar-refractivity contribution < 1.29 is 0 Å². The third-order valence-corrected chi connectivity index (χ3v) is 3.55. The average Bonchev–Trinajstić information content (AvgIpc) is 2.86. The number of hydrogen-bond donors (Lipinski definition) is 0. The molecular weight excluding hydrogens is 284 g/mol. The normalized spacial score (nSPS) is 10.7. The molecule has 104 valence electrons. The molecule has 3 rings (SSSR count). The van der Waals surface area contributed by atoms with Gasteiger partial charge in [0.25, 0.3) is 0 Å². The molecule has 0 aliphatic heterocycles. The van der Waals surface area contributed by atoms with Crippen LogP contribution in [0.2, 0.25) is 0 Å². The Hall–Kier alpha value is -2.38. The molecule has 0 bridgehead atoms. The summed E-state index contributed by atoms with van der Waals surface area (Å²) < 4.78 is 1.96. The molecule has 0 aliphatic rings. The Morgan fingerprint density at radius 2 is 1.90 bits per heavy atom. The minimum atomic E-state index is 0.315. The number of hydrogen-bond acceptors (Lipinski definition) is 3. The summed E-state index contributed by atoms with van der Waals surface area (Å²) in [4.78, 5) is 9.09. The maximum Gasteiger partial charge on any atom is 0.164 e. The van der Waals surface area contributed by atoms with Crippen molar-refractivity contribution in [2.45, 2.75) is 19.2 Å². The first-order chi connectivity index (χ1) is 10.2. The van der Waals surface area contributed by atoms with E-state index in [4.69, 9.17) is 16.9 Å². The SMILES string of the molecule is Cc1ccc2nc(CCl)n(-c3ccc(CC#N)cc3)c2n1. The van der Waals surface area contributed by atoms with Crippen LogP contribution in [0.4, 0.5) is 0 Å². The number of nitrogens with zero attached hydrogens (tertiary/aromatic N) is 4.